The highest BCUT2D eigenvalue weighted by Gasteiger charge is 2.14. The summed E-state index contributed by atoms with van der Waals surface area (Å²) in [5.41, 5.74) is 1.23. The maximum atomic E-state index is 9.13. The van der Waals surface area contributed by atoms with Crippen LogP contribution < -0.4 is 5.32 Å². The van der Waals surface area contributed by atoms with Crippen molar-refractivity contribution in [1.29, 1.82) is 0 Å². The van der Waals surface area contributed by atoms with Gasteiger partial charge in [-0.3, -0.25) is 0 Å². The van der Waals surface area contributed by atoms with Crippen molar-refractivity contribution in [3.05, 3.63) is 29.8 Å². The van der Waals surface area contributed by atoms with E-state index in [1.807, 2.05) is 12.1 Å². The van der Waals surface area contributed by atoms with Crippen molar-refractivity contribution in [3.8, 4) is 5.75 Å². The van der Waals surface area contributed by atoms with E-state index in [2.05, 4.69) is 17.1 Å². The fraction of sp³-hybridized carbons (Fsp3) is 0.500. The van der Waals surface area contributed by atoms with E-state index in [0.717, 1.165) is 19.0 Å². The Labute approximate surface area is 95.1 Å². The fourth-order valence-electron chi connectivity index (χ4n) is 1.78. The second kappa shape index (κ2) is 5.42. The Kier molecular flexibility index (Phi) is 3.92. The lowest BCUT2D eigenvalue weighted by Crippen LogP contribution is -2.22. The average molecular weight is 223 g/mol. The summed E-state index contributed by atoms with van der Waals surface area (Å²) in [7, 11) is 0. The van der Waals surface area contributed by atoms with Crippen molar-refractivity contribution in [2.45, 2.75) is 13.0 Å². The smallest absolute Gasteiger partial charge is 0.115 e. The molecular formula is C12H17NOS. The van der Waals surface area contributed by atoms with Crippen LogP contribution in [0.15, 0.2) is 24.3 Å². The van der Waals surface area contributed by atoms with Gasteiger partial charge in [-0.15, -0.1) is 0 Å². The predicted molar refractivity (Wildman–Crippen MR) is 65.2 cm³/mol. The normalized spacial score (nSPS) is 20.7. The number of benzene rings is 1. The van der Waals surface area contributed by atoms with Gasteiger partial charge in [0.05, 0.1) is 0 Å². The number of phenols is 1. The number of phenolic OH excluding ortho intramolecular Hbond substituents is 1. The molecule has 1 aliphatic rings. The van der Waals surface area contributed by atoms with Crippen molar-refractivity contribution in [1.82, 2.24) is 5.32 Å². The molecule has 2 rings (SSSR count). The van der Waals surface area contributed by atoms with E-state index in [-0.39, 0.29) is 0 Å². The molecular weight excluding hydrogens is 206 g/mol. The molecule has 0 amide bonds. The number of hydrogen-bond acceptors (Lipinski definition) is 3. The third-order valence-electron chi connectivity index (χ3n) is 2.72. The molecule has 1 aliphatic heterocycles. The van der Waals surface area contributed by atoms with Crippen LogP contribution in [0.2, 0.25) is 0 Å². The Morgan fingerprint density at radius 2 is 2.13 bits per heavy atom. The molecule has 2 nitrogen and oxygen atoms in total. The van der Waals surface area contributed by atoms with Gasteiger partial charge in [-0.1, -0.05) is 12.1 Å². The van der Waals surface area contributed by atoms with Gasteiger partial charge >= 0.3 is 0 Å². The van der Waals surface area contributed by atoms with E-state index in [0.29, 0.717) is 5.75 Å². The van der Waals surface area contributed by atoms with Gasteiger partial charge in [-0.25, -0.2) is 0 Å². The number of thioether (sulfide) groups is 1. The van der Waals surface area contributed by atoms with Crippen LogP contribution >= 0.6 is 11.8 Å². The van der Waals surface area contributed by atoms with E-state index in [1.165, 1.54) is 23.5 Å². The van der Waals surface area contributed by atoms with Gasteiger partial charge in [0, 0.05) is 6.54 Å². The Morgan fingerprint density at radius 1 is 1.33 bits per heavy atom. The number of aromatic hydroxyl groups is 1. The molecule has 1 saturated heterocycles. The maximum Gasteiger partial charge on any atom is 0.115 e. The Bertz CT molecular complexity index is 293. The first-order chi connectivity index (χ1) is 7.34. The quantitative estimate of drug-likeness (QED) is 0.821. The van der Waals surface area contributed by atoms with Crippen LogP contribution in [0.25, 0.3) is 0 Å². The summed E-state index contributed by atoms with van der Waals surface area (Å²) in [6.07, 6.45) is 1.35. The minimum Gasteiger partial charge on any atom is -0.508 e. The zero-order chi connectivity index (χ0) is 10.5. The van der Waals surface area contributed by atoms with Gasteiger partial charge in [-0.2, -0.15) is 11.8 Å². The Balaban J connectivity index is 1.71. The van der Waals surface area contributed by atoms with E-state index >= 15 is 0 Å². The van der Waals surface area contributed by atoms with Crippen molar-refractivity contribution in [2.24, 2.45) is 5.92 Å². The summed E-state index contributed by atoms with van der Waals surface area (Å²) >= 11 is 2.06. The third kappa shape index (κ3) is 3.43. The molecule has 1 aromatic carbocycles. The first-order valence-corrected chi connectivity index (χ1v) is 6.56. The molecule has 1 aromatic rings. The van der Waals surface area contributed by atoms with Gasteiger partial charge in [0.25, 0.3) is 0 Å². The first kappa shape index (κ1) is 10.8. The Morgan fingerprint density at radius 3 is 2.80 bits per heavy atom. The van der Waals surface area contributed by atoms with Crippen LogP contribution in [0, 0.1) is 5.92 Å². The largest absolute Gasteiger partial charge is 0.508 e. The third-order valence-corrected chi connectivity index (χ3v) is 3.95. The molecule has 82 valence electrons. The predicted octanol–water partition coefficient (Wildman–Crippen LogP) is 2.23. The van der Waals surface area contributed by atoms with E-state index in [4.69, 9.17) is 5.11 Å². The van der Waals surface area contributed by atoms with E-state index < -0.39 is 0 Å². The molecule has 1 unspecified atom stereocenters. The lowest BCUT2D eigenvalue weighted by atomic mass is 10.1. The average Bonchev–Trinajstić information content (AvgIpc) is 2.74. The highest BCUT2D eigenvalue weighted by molar-refractivity contribution is 7.99. The summed E-state index contributed by atoms with van der Waals surface area (Å²) < 4.78 is 0. The summed E-state index contributed by atoms with van der Waals surface area (Å²) in [6, 6.07) is 7.41. The van der Waals surface area contributed by atoms with Crippen molar-refractivity contribution in [2.75, 3.05) is 18.1 Å². The molecule has 0 spiro atoms. The number of nitrogens with one attached hydrogen (secondary N) is 1. The van der Waals surface area contributed by atoms with E-state index in [9.17, 15) is 0 Å². The molecule has 1 heterocycles. The lowest BCUT2D eigenvalue weighted by molar-refractivity contribution is 0.474. The topological polar surface area (TPSA) is 32.3 Å². The van der Waals surface area contributed by atoms with Crippen LogP contribution in [0.4, 0.5) is 0 Å². The molecule has 0 radical (unpaired) electrons. The molecule has 2 N–H and O–H groups in total. The zero-order valence-corrected chi connectivity index (χ0v) is 9.59. The summed E-state index contributed by atoms with van der Waals surface area (Å²) in [5.74, 6) is 3.83. The molecule has 0 aliphatic carbocycles. The minimum atomic E-state index is 0.339. The SMILES string of the molecule is Oc1ccc(CNCC2CCSC2)cc1. The van der Waals surface area contributed by atoms with Crippen LogP contribution in [-0.4, -0.2) is 23.2 Å². The summed E-state index contributed by atoms with van der Waals surface area (Å²) in [6.45, 7) is 2.02. The second-order valence-corrected chi connectivity index (χ2v) is 5.18. The monoisotopic (exact) mass is 223 g/mol. The standard InChI is InChI=1S/C12H17NOS/c14-12-3-1-10(2-4-12)7-13-8-11-5-6-15-9-11/h1-4,11,13-14H,5-9H2. The molecule has 1 atom stereocenters. The molecule has 3 heteroatoms. The van der Waals surface area contributed by atoms with Crippen LogP contribution in [0.3, 0.4) is 0 Å². The van der Waals surface area contributed by atoms with Crippen molar-refractivity contribution < 1.29 is 5.11 Å². The van der Waals surface area contributed by atoms with Gasteiger partial charge in [0.15, 0.2) is 0 Å². The first-order valence-electron chi connectivity index (χ1n) is 5.41. The number of hydrogen-bond donors (Lipinski definition) is 2. The maximum absolute atomic E-state index is 9.13. The van der Waals surface area contributed by atoms with Crippen molar-refractivity contribution >= 4 is 11.8 Å². The lowest BCUT2D eigenvalue weighted by Gasteiger charge is -2.09. The molecule has 0 saturated carbocycles. The van der Waals surface area contributed by atoms with Crippen LogP contribution in [-0.2, 0) is 6.54 Å². The van der Waals surface area contributed by atoms with E-state index in [1.54, 1.807) is 12.1 Å². The summed E-state index contributed by atoms with van der Waals surface area (Å²) in [4.78, 5) is 0. The van der Waals surface area contributed by atoms with Gasteiger partial charge in [0.2, 0.25) is 0 Å². The number of rotatable bonds is 4. The van der Waals surface area contributed by atoms with Gasteiger partial charge < -0.3 is 10.4 Å². The van der Waals surface area contributed by atoms with Gasteiger partial charge in [-0.05, 0) is 48.1 Å². The molecule has 0 bridgehead atoms. The fourth-order valence-corrected chi connectivity index (χ4v) is 3.06. The minimum absolute atomic E-state index is 0.339. The highest BCUT2D eigenvalue weighted by atomic mass is 32.2. The highest BCUT2D eigenvalue weighted by Crippen LogP contribution is 2.22. The zero-order valence-electron chi connectivity index (χ0n) is 8.78. The van der Waals surface area contributed by atoms with Crippen LogP contribution in [0.5, 0.6) is 5.75 Å². The summed E-state index contributed by atoms with van der Waals surface area (Å²) in [5, 5.41) is 12.6. The van der Waals surface area contributed by atoms with Crippen LogP contribution in [0.1, 0.15) is 12.0 Å². The molecule has 0 aromatic heterocycles. The van der Waals surface area contributed by atoms with Gasteiger partial charge in [0.1, 0.15) is 5.75 Å². The Hall–Kier alpha value is -0.670. The molecule has 15 heavy (non-hydrogen) atoms. The molecule has 1 fully saturated rings. The van der Waals surface area contributed by atoms with Crippen molar-refractivity contribution in [3.63, 3.8) is 0 Å². The second-order valence-electron chi connectivity index (χ2n) is 4.03.